The molecule has 0 aromatic heterocycles. The summed E-state index contributed by atoms with van der Waals surface area (Å²) in [5, 5.41) is 0. The Hall–Kier alpha value is -5.23. The summed E-state index contributed by atoms with van der Waals surface area (Å²) in [6, 6.07) is 0. The SMILES string of the molecule is CC/C=C\C/C=C\C/C=C\C/C=C\C/C=C\C/C=C\C/C=C\CCCCCCCCCCCCCC(=O)OCC(COC(=O)CCCCCCC/C=C\C/C=C\CCCC)OC(=O)CCC/C=C\C/C=C\C/C=C\C/C=C\C/C=C\CC. The molecule has 0 aliphatic carbocycles. The van der Waals surface area contributed by atoms with Crippen LogP contribution in [0.1, 0.15) is 271 Å². The normalized spacial score (nSPS) is 13.3. The molecule has 0 fully saturated rings. The quantitative estimate of drug-likeness (QED) is 0.0261. The summed E-state index contributed by atoms with van der Waals surface area (Å²) >= 11 is 0. The monoisotopic (exact) mass is 1130 g/mol. The number of carbonyl (C=O) groups is 3. The van der Waals surface area contributed by atoms with Gasteiger partial charge < -0.3 is 14.2 Å². The molecule has 460 valence electrons. The Morgan fingerprint density at radius 2 is 0.488 bits per heavy atom. The zero-order valence-electron chi connectivity index (χ0n) is 52.7. The van der Waals surface area contributed by atoms with Crippen LogP contribution in [0.2, 0.25) is 0 Å². The van der Waals surface area contributed by atoms with Gasteiger partial charge in [-0.15, -0.1) is 0 Å². The number of carbonyl (C=O) groups excluding carboxylic acids is 3. The summed E-state index contributed by atoms with van der Waals surface area (Å²) in [6.45, 7) is 6.31. The van der Waals surface area contributed by atoms with Gasteiger partial charge in [0.25, 0.3) is 0 Å². The summed E-state index contributed by atoms with van der Waals surface area (Å²) in [6.07, 6.45) is 101. The van der Waals surface area contributed by atoms with Gasteiger partial charge in [-0.3, -0.25) is 14.4 Å². The largest absolute Gasteiger partial charge is 0.462 e. The van der Waals surface area contributed by atoms with Gasteiger partial charge in [0, 0.05) is 19.3 Å². The fourth-order valence-electron chi connectivity index (χ4n) is 8.53. The standard InChI is InChI=1S/C76H120O6/c1-4-7-10-13-16-19-22-25-28-30-31-32-33-34-35-36-37-38-39-40-41-42-43-44-45-47-48-51-54-57-60-63-66-69-75(78)81-72-73(71-80-74(77)68-65-62-59-56-53-50-27-24-21-18-15-12-9-6-3)82-76(79)70-67-64-61-58-55-52-49-46-29-26-23-20-17-14-11-8-5-2/h7-8,10-11,15-20,24-29,31-32,34-35,37-38,40-41,49,52,58,61,73H,4-6,9,12-14,21-23,30,33,36,39,42-48,50-51,53-57,59-60,62-72H2,1-3H3/b10-7-,11-8-,18-15-,19-16-,20-17-,27-24-,28-25-,29-26-,32-31-,35-34-,38-37-,41-40-,52-49-,61-58-. The fourth-order valence-corrected chi connectivity index (χ4v) is 8.53. The Morgan fingerprint density at radius 1 is 0.256 bits per heavy atom. The lowest BCUT2D eigenvalue weighted by Crippen LogP contribution is -2.30. The van der Waals surface area contributed by atoms with Crippen molar-refractivity contribution in [2.75, 3.05) is 13.2 Å². The predicted molar refractivity (Wildman–Crippen MR) is 357 cm³/mol. The summed E-state index contributed by atoms with van der Waals surface area (Å²) in [7, 11) is 0. The third-order valence-corrected chi connectivity index (χ3v) is 13.4. The number of hydrogen-bond acceptors (Lipinski definition) is 6. The molecule has 0 aromatic rings. The van der Waals surface area contributed by atoms with E-state index in [9.17, 15) is 14.4 Å². The lowest BCUT2D eigenvalue weighted by atomic mass is 10.0. The third kappa shape index (κ3) is 65.6. The summed E-state index contributed by atoms with van der Waals surface area (Å²) < 4.78 is 16.9. The van der Waals surface area contributed by atoms with Crippen LogP contribution < -0.4 is 0 Å². The molecule has 0 radical (unpaired) electrons. The highest BCUT2D eigenvalue weighted by atomic mass is 16.6. The van der Waals surface area contributed by atoms with Gasteiger partial charge in [-0.05, 0) is 141 Å². The van der Waals surface area contributed by atoms with E-state index in [2.05, 4.69) is 191 Å². The topological polar surface area (TPSA) is 78.9 Å². The molecule has 6 nitrogen and oxygen atoms in total. The maximum absolute atomic E-state index is 12.9. The first-order chi connectivity index (χ1) is 40.5. The van der Waals surface area contributed by atoms with Crippen LogP contribution >= 0.6 is 0 Å². The molecule has 0 saturated carbocycles. The number of unbranched alkanes of at least 4 members (excludes halogenated alkanes) is 19. The first-order valence-electron chi connectivity index (χ1n) is 33.1. The molecule has 1 atom stereocenters. The molecule has 0 aliphatic heterocycles. The minimum absolute atomic E-state index is 0.113. The van der Waals surface area contributed by atoms with Crippen LogP contribution in [0.15, 0.2) is 170 Å². The highest BCUT2D eigenvalue weighted by Gasteiger charge is 2.19. The molecule has 1 unspecified atom stereocenters. The van der Waals surface area contributed by atoms with Crippen molar-refractivity contribution >= 4 is 17.9 Å². The highest BCUT2D eigenvalue weighted by Crippen LogP contribution is 2.15. The minimum Gasteiger partial charge on any atom is -0.462 e. The molecule has 6 heteroatoms. The van der Waals surface area contributed by atoms with Gasteiger partial charge in [0.05, 0.1) is 0 Å². The molecule has 0 spiro atoms. The van der Waals surface area contributed by atoms with E-state index in [1.165, 1.54) is 77.0 Å². The zero-order chi connectivity index (χ0) is 59.2. The molecule has 0 aromatic carbocycles. The smallest absolute Gasteiger partial charge is 0.306 e. The first-order valence-corrected chi connectivity index (χ1v) is 33.1. The van der Waals surface area contributed by atoms with Crippen LogP contribution in [0.3, 0.4) is 0 Å². The van der Waals surface area contributed by atoms with E-state index < -0.39 is 6.10 Å². The van der Waals surface area contributed by atoms with Crippen LogP contribution in [0.25, 0.3) is 0 Å². The summed E-state index contributed by atoms with van der Waals surface area (Å²) in [5.41, 5.74) is 0. The Bertz CT molecular complexity index is 1870. The molecule has 0 saturated heterocycles. The van der Waals surface area contributed by atoms with Crippen molar-refractivity contribution in [1.29, 1.82) is 0 Å². The van der Waals surface area contributed by atoms with Gasteiger partial charge >= 0.3 is 17.9 Å². The van der Waals surface area contributed by atoms with Crippen LogP contribution in [-0.2, 0) is 28.6 Å². The Labute approximate surface area is 504 Å². The number of allylic oxidation sites excluding steroid dienone is 28. The maximum Gasteiger partial charge on any atom is 0.306 e. The van der Waals surface area contributed by atoms with Gasteiger partial charge in [-0.25, -0.2) is 0 Å². The van der Waals surface area contributed by atoms with Crippen molar-refractivity contribution in [2.45, 2.75) is 277 Å². The molecule has 0 rings (SSSR count). The van der Waals surface area contributed by atoms with Crippen molar-refractivity contribution in [1.82, 2.24) is 0 Å². The van der Waals surface area contributed by atoms with Crippen molar-refractivity contribution < 1.29 is 28.6 Å². The maximum atomic E-state index is 12.9. The van der Waals surface area contributed by atoms with Crippen LogP contribution in [-0.4, -0.2) is 37.2 Å². The first kappa shape index (κ1) is 76.8. The second kappa shape index (κ2) is 68.3. The minimum atomic E-state index is -0.824. The summed E-state index contributed by atoms with van der Waals surface area (Å²) in [5.74, 6) is -0.992. The van der Waals surface area contributed by atoms with Gasteiger partial charge in [0.15, 0.2) is 6.10 Å². The van der Waals surface area contributed by atoms with Gasteiger partial charge in [-0.2, -0.15) is 0 Å². The van der Waals surface area contributed by atoms with Crippen LogP contribution in [0.4, 0.5) is 0 Å². The van der Waals surface area contributed by atoms with Crippen molar-refractivity contribution in [3.8, 4) is 0 Å². The van der Waals surface area contributed by atoms with Crippen molar-refractivity contribution in [3.63, 3.8) is 0 Å². The number of ether oxygens (including phenoxy) is 3. The molecule has 0 aliphatic rings. The molecule has 0 heterocycles. The van der Waals surface area contributed by atoms with Crippen molar-refractivity contribution in [3.05, 3.63) is 170 Å². The lowest BCUT2D eigenvalue weighted by molar-refractivity contribution is -0.167. The predicted octanol–water partition coefficient (Wildman–Crippen LogP) is 23.0. The fraction of sp³-hybridized carbons (Fsp3) is 0.592. The molecule has 0 bridgehead atoms. The van der Waals surface area contributed by atoms with Gasteiger partial charge in [0.2, 0.25) is 0 Å². The average molecular weight is 1130 g/mol. The molecule has 0 amide bonds. The van der Waals surface area contributed by atoms with E-state index in [1.807, 2.05) is 0 Å². The van der Waals surface area contributed by atoms with Crippen LogP contribution in [0, 0.1) is 0 Å². The third-order valence-electron chi connectivity index (χ3n) is 13.4. The van der Waals surface area contributed by atoms with Crippen LogP contribution in [0.5, 0.6) is 0 Å². The van der Waals surface area contributed by atoms with E-state index >= 15 is 0 Å². The number of esters is 3. The van der Waals surface area contributed by atoms with E-state index in [4.69, 9.17) is 14.2 Å². The molecule has 82 heavy (non-hydrogen) atoms. The van der Waals surface area contributed by atoms with E-state index in [0.29, 0.717) is 19.3 Å². The molecule has 0 N–H and O–H groups in total. The summed E-state index contributed by atoms with van der Waals surface area (Å²) in [4.78, 5) is 38.3. The zero-order valence-corrected chi connectivity index (χ0v) is 52.7. The van der Waals surface area contributed by atoms with E-state index in [0.717, 1.165) is 148 Å². The second-order valence-corrected chi connectivity index (χ2v) is 21.3. The Kier molecular flexibility index (Phi) is 63.9. The average Bonchev–Trinajstić information content (AvgIpc) is 3.47. The number of hydrogen-bond donors (Lipinski definition) is 0. The molecular formula is C76H120O6. The van der Waals surface area contributed by atoms with E-state index in [-0.39, 0.29) is 37.5 Å². The van der Waals surface area contributed by atoms with E-state index in [1.54, 1.807) is 0 Å². The number of rotatable bonds is 58. The lowest BCUT2D eigenvalue weighted by Gasteiger charge is -2.18. The Morgan fingerprint density at radius 3 is 0.780 bits per heavy atom. The second-order valence-electron chi connectivity index (χ2n) is 21.3. The Balaban J connectivity index is 4.34. The highest BCUT2D eigenvalue weighted by molar-refractivity contribution is 5.71. The van der Waals surface area contributed by atoms with Gasteiger partial charge in [-0.1, -0.05) is 281 Å². The van der Waals surface area contributed by atoms with Crippen molar-refractivity contribution in [2.24, 2.45) is 0 Å². The molecular weight excluding hydrogens is 1010 g/mol. The van der Waals surface area contributed by atoms with Gasteiger partial charge in [0.1, 0.15) is 13.2 Å².